The van der Waals surface area contributed by atoms with E-state index in [0.717, 1.165) is 6.07 Å². The quantitative estimate of drug-likeness (QED) is 0.549. The van der Waals surface area contributed by atoms with Crippen molar-refractivity contribution in [3.05, 3.63) is 65.5 Å². The second-order valence-electron chi connectivity index (χ2n) is 5.59. The van der Waals surface area contributed by atoms with Crippen LogP contribution in [0.3, 0.4) is 0 Å². The molecule has 0 unspecified atom stereocenters. The van der Waals surface area contributed by atoms with Crippen molar-refractivity contribution in [2.45, 2.75) is 19.6 Å². The summed E-state index contributed by atoms with van der Waals surface area (Å²) in [7, 11) is 0. The van der Waals surface area contributed by atoms with Gasteiger partial charge in [0.15, 0.2) is 6.10 Å². The Morgan fingerprint density at radius 1 is 1.04 bits per heavy atom. The van der Waals surface area contributed by atoms with Gasteiger partial charge in [0.05, 0.1) is 0 Å². The molecule has 2 aromatic rings. The topological polar surface area (TPSA) is 81.7 Å². The fourth-order valence-corrected chi connectivity index (χ4v) is 2.21. The van der Waals surface area contributed by atoms with Gasteiger partial charge in [-0.15, -0.1) is 0 Å². The standard InChI is InChI=1S/C19H16F3NO5/c1-11(17(25)12-5-7-15(8-6-12)28-19(21)22)27-16(24)10-23-18(26)13-3-2-4-14(20)9-13/h2-9,11,19H,10H2,1H3,(H,23,26)/t11-/m1/s1. The minimum absolute atomic E-state index is 0.0306. The van der Waals surface area contributed by atoms with E-state index < -0.39 is 42.7 Å². The summed E-state index contributed by atoms with van der Waals surface area (Å²) in [6.45, 7) is -2.17. The molecule has 9 heteroatoms. The average Bonchev–Trinajstić information content (AvgIpc) is 2.65. The number of halogens is 3. The van der Waals surface area contributed by atoms with Gasteiger partial charge in [-0.3, -0.25) is 14.4 Å². The smallest absolute Gasteiger partial charge is 0.387 e. The zero-order valence-corrected chi connectivity index (χ0v) is 14.7. The summed E-state index contributed by atoms with van der Waals surface area (Å²) in [5.41, 5.74) is 0.161. The largest absolute Gasteiger partial charge is 0.453 e. The number of ether oxygens (including phenoxy) is 2. The van der Waals surface area contributed by atoms with Gasteiger partial charge < -0.3 is 14.8 Å². The van der Waals surface area contributed by atoms with Crippen LogP contribution in [0.1, 0.15) is 27.6 Å². The lowest BCUT2D eigenvalue weighted by atomic mass is 10.1. The Morgan fingerprint density at radius 2 is 1.71 bits per heavy atom. The van der Waals surface area contributed by atoms with Gasteiger partial charge in [0.25, 0.3) is 5.91 Å². The fourth-order valence-electron chi connectivity index (χ4n) is 2.21. The second-order valence-corrected chi connectivity index (χ2v) is 5.59. The number of carbonyl (C=O) groups is 3. The first kappa shape index (κ1) is 20.9. The molecule has 0 aliphatic rings. The predicted octanol–water partition coefficient (Wildman–Crippen LogP) is 2.97. The predicted molar refractivity (Wildman–Crippen MR) is 91.7 cm³/mol. The van der Waals surface area contributed by atoms with Crippen molar-refractivity contribution >= 4 is 17.7 Å². The van der Waals surface area contributed by atoms with Gasteiger partial charge >= 0.3 is 12.6 Å². The Morgan fingerprint density at radius 3 is 2.32 bits per heavy atom. The first-order valence-electron chi connectivity index (χ1n) is 8.08. The van der Waals surface area contributed by atoms with Gasteiger partial charge in [-0.25, -0.2) is 4.39 Å². The lowest BCUT2D eigenvalue weighted by molar-refractivity contribution is -0.145. The average molecular weight is 395 g/mol. The number of alkyl halides is 2. The molecular weight excluding hydrogens is 379 g/mol. The van der Waals surface area contributed by atoms with Crippen LogP contribution in [-0.4, -0.2) is 36.9 Å². The monoisotopic (exact) mass is 395 g/mol. The van der Waals surface area contributed by atoms with Crippen LogP contribution in [0.2, 0.25) is 0 Å². The van der Waals surface area contributed by atoms with Crippen molar-refractivity contribution in [3.8, 4) is 5.75 Å². The summed E-state index contributed by atoms with van der Waals surface area (Å²) < 4.78 is 46.4. The SMILES string of the molecule is C[C@@H](OC(=O)CNC(=O)c1cccc(F)c1)C(=O)c1ccc(OC(F)F)cc1. The highest BCUT2D eigenvalue weighted by Gasteiger charge is 2.20. The van der Waals surface area contributed by atoms with Crippen molar-refractivity contribution in [1.82, 2.24) is 5.32 Å². The molecule has 6 nitrogen and oxygen atoms in total. The molecule has 0 aliphatic heterocycles. The zero-order valence-electron chi connectivity index (χ0n) is 14.7. The van der Waals surface area contributed by atoms with Crippen LogP contribution in [0.15, 0.2) is 48.5 Å². The van der Waals surface area contributed by atoms with Crippen LogP contribution in [0, 0.1) is 5.82 Å². The Bertz CT molecular complexity index is 855. The van der Waals surface area contributed by atoms with E-state index in [1.807, 2.05) is 0 Å². The maximum atomic E-state index is 13.1. The van der Waals surface area contributed by atoms with Crippen molar-refractivity contribution in [2.24, 2.45) is 0 Å². The minimum atomic E-state index is -2.98. The third-order valence-electron chi connectivity index (χ3n) is 3.52. The molecule has 28 heavy (non-hydrogen) atoms. The highest BCUT2D eigenvalue weighted by atomic mass is 19.3. The molecule has 1 amide bonds. The first-order valence-corrected chi connectivity index (χ1v) is 8.08. The second kappa shape index (κ2) is 9.54. The van der Waals surface area contributed by atoms with E-state index in [1.165, 1.54) is 49.4 Å². The van der Waals surface area contributed by atoms with Gasteiger partial charge in [-0.1, -0.05) is 6.07 Å². The molecule has 2 rings (SSSR count). The van der Waals surface area contributed by atoms with E-state index in [0.29, 0.717) is 0 Å². The Balaban J connectivity index is 1.85. The molecule has 0 saturated carbocycles. The molecule has 1 atom stereocenters. The van der Waals surface area contributed by atoms with E-state index in [1.54, 1.807) is 0 Å². The fraction of sp³-hybridized carbons (Fsp3) is 0.211. The molecule has 0 bridgehead atoms. The zero-order chi connectivity index (χ0) is 20.7. The number of esters is 1. The van der Waals surface area contributed by atoms with E-state index in [-0.39, 0.29) is 16.9 Å². The van der Waals surface area contributed by atoms with E-state index >= 15 is 0 Å². The summed E-state index contributed by atoms with van der Waals surface area (Å²) in [6.07, 6.45) is -1.17. The first-order chi connectivity index (χ1) is 13.3. The number of benzene rings is 2. The Kier molecular flexibility index (Phi) is 7.14. The van der Waals surface area contributed by atoms with Crippen LogP contribution in [0.4, 0.5) is 13.2 Å². The molecule has 0 heterocycles. The summed E-state index contributed by atoms with van der Waals surface area (Å²) >= 11 is 0. The normalized spacial score (nSPS) is 11.6. The molecule has 148 valence electrons. The number of ketones is 1. The number of hydrogen-bond acceptors (Lipinski definition) is 5. The van der Waals surface area contributed by atoms with Crippen LogP contribution in [-0.2, 0) is 9.53 Å². The number of carbonyl (C=O) groups excluding carboxylic acids is 3. The van der Waals surface area contributed by atoms with Crippen LogP contribution in [0.5, 0.6) is 5.75 Å². The molecule has 0 radical (unpaired) electrons. The molecular formula is C19H16F3NO5. The van der Waals surface area contributed by atoms with Crippen LogP contribution < -0.4 is 10.1 Å². The number of Topliss-reactive ketones (excluding diaryl/α,β-unsaturated/α-hetero) is 1. The summed E-state index contributed by atoms with van der Waals surface area (Å²) in [5.74, 6) is -2.82. The van der Waals surface area contributed by atoms with Gasteiger partial charge in [0.1, 0.15) is 18.1 Å². The molecule has 2 aromatic carbocycles. The van der Waals surface area contributed by atoms with E-state index in [2.05, 4.69) is 10.1 Å². The Labute approximate surface area is 158 Å². The molecule has 0 fully saturated rings. The van der Waals surface area contributed by atoms with Gasteiger partial charge in [-0.2, -0.15) is 8.78 Å². The maximum absolute atomic E-state index is 13.1. The van der Waals surface area contributed by atoms with Crippen LogP contribution >= 0.6 is 0 Å². The summed E-state index contributed by atoms with van der Waals surface area (Å²) in [6, 6.07) is 9.80. The molecule has 0 aliphatic carbocycles. The van der Waals surface area contributed by atoms with E-state index in [9.17, 15) is 27.6 Å². The van der Waals surface area contributed by atoms with Gasteiger partial charge in [-0.05, 0) is 49.4 Å². The number of hydrogen-bond donors (Lipinski definition) is 1. The van der Waals surface area contributed by atoms with Gasteiger partial charge in [0, 0.05) is 11.1 Å². The Hall–Kier alpha value is -3.36. The third kappa shape index (κ3) is 6.11. The third-order valence-corrected chi connectivity index (χ3v) is 3.52. The van der Waals surface area contributed by atoms with Gasteiger partial charge in [0.2, 0.25) is 5.78 Å². The van der Waals surface area contributed by atoms with E-state index in [4.69, 9.17) is 4.74 Å². The van der Waals surface area contributed by atoms with Crippen molar-refractivity contribution < 1.29 is 37.0 Å². The summed E-state index contributed by atoms with van der Waals surface area (Å²) in [5, 5.41) is 2.26. The number of rotatable bonds is 8. The number of amides is 1. The summed E-state index contributed by atoms with van der Waals surface area (Å²) in [4.78, 5) is 35.8. The van der Waals surface area contributed by atoms with Crippen molar-refractivity contribution in [1.29, 1.82) is 0 Å². The minimum Gasteiger partial charge on any atom is -0.453 e. The number of nitrogens with one attached hydrogen (secondary N) is 1. The lowest BCUT2D eigenvalue weighted by Crippen LogP contribution is -2.34. The maximum Gasteiger partial charge on any atom is 0.387 e. The molecule has 1 N–H and O–H groups in total. The van der Waals surface area contributed by atoms with Crippen LogP contribution in [0.25, 0.3) is 0 Å². The molecule has 0 saturated heterocycles. The van der Waals surface area contributed by atoms with Crippen molar-refractivity contribution in [2.75, 3.05) is 6.54 Å². The molecule has 0 spiro atoms. The molecule has 0 aromatic heterocycles. The highest BCUT2D eigenvalue weighted by molar-refractivity contribution is 6.00. The lowest BCUT2D eigenvalue weighted by Gasteiger charge is -2.13. The van der Waals surface area contributed by atoms with Crippen molar-refractivity contribution in [3.63, 3.8) is 0 Å². The highest BCUT2D eigenvalue weighted by Crippen LogP contribution is 2.16.